The van der Waals surface area contributed by atoms with Crippen molar-refractivity contribution < 1.29 is 4.39 Å². The number of halogens is 1. The summed E-state index contributed by atoms with van der Waals surface area (Å²) in [5, 5.41) is 0.659. The number of hydrogen-bond acceptors (Lipinski definition) is 3. The third-order valence-corrected chi connectivity index (χ3v) is 2.83. The van der Waals surface area contributed by atoms with Crippen LogP contribution in [-0.2, 0) is 5.75 Å². The molecule has 0 unspecified atom stereocenters. The molecule has 2 rings (SSSR count). The van der Waals surface area contributed by atoms with Gasteiger partial charge in [-0.05, 0) is 5.56 Å². The molecule has 0 aliphatic carbocycles. The van der Waals surface area contributed by atoms with Gasteiger partial charge in [0.25, 0.3) is 0 Å². The Balaban J connectivity index is 1.99. The van der Waals surface area contributed by atoms with E-state index >= 15 is 0 Å². The molecule has 2 nitrogen and oxygen atoms in total. The molecule has 0 saturated heterocycles. The van der Waals surface area contributed by atoms with Gasteiger partial charge in [0.05, 0.1) is 0 Å². The number of rotatable bonds is 3. The van der Waals surface area contributed by atoms with Crippen LogP contribution in [0.4, 0.5) is 4.39 Å². The second-order valence-electron chi connectivity index (χ2n) is 2.95. The lowest BCUT2D eigenvalue weighted by atomic mass is 10.2. The zero-order valence-corrected chi connectivity index (χ0v) is 8.75. The fourth-order valence-electron chi connectivity index (χ4n) is 1.13. The summed E-state index contributed by atoms with van der Waals surface area (Å²) in [7, 11) is 0. The molecule has 0 spiro atoms. The Hall–Kier alpha value is -1.42. The van der Waals surface area contributed by atoms with E-state index in [0.29, 0.717) is 5.03 Å². The van der Waals surface area contributed by atoms with E-state index in [9.17, 15) is 4.39 Å². The minimum Gasteiger partial charge on any atom is -0.230 e. The Bertz CT molecular complexity index is 434. The summed E-state index contributed by atoms with van der Waals surface area (Å²) in [6.45, 7) is 0. The monoisotopic (exact) mass is 220 g/mol. The van der Waals surface area contributed by atoms with E-state index in [1.165, 1.54) is 29.7 Å². The van der Waals surface area contributed by atoms with Gasteiger partial charge in [-0.15, -0.1) is 11.8 Å². The summed E-state index contributed by atoms with van der Waals surface area (Å²) < 4.78 is 12.7. The second kappa shape index (κ2) is 4.89. The zero-order chi connectivity index (χ0) is 10.5. The lowest BCUT2D eigenvalue weighted by Crippen LogP contribution is -1.87. The van der Waals surface area contributed by atoms with Crippen molar-refractivity contribution in [3.8, 4) is 0 Å². The summed E-state index contributed by atoms with van der Waals surface area (Å²) in [5.74, 6) is 0.303. The maximum absolute atomic E-state index is 12.7. The van der Waals surface area contributed by atoms with E-state index in [1.807, 2.05) is 30.3 Å². The molecular weight excluding hydrogens is 211 g/mol. The molecule has 0 atom stereocenters. The van der Waals surface area contributed by atoms with Crippen molar-refractivity contribution in [2.45, 2.75) is 10.8 Å². The van der Waals surface area contributed by atoms with E-state index in [4.69, 9.17) is 0 Å². The SMILES string of the molecule is Fc1cc(SCc2ccccc2)ncn1. The summed E-state index contributed by atoms with van der Waals surface area (Å²) in [6.07, 6.45) is 1.24. The Morgan fingerprint density at radius 3 is 2.67 bits per heavy atom. The third kappa shape index (κ3) is 3.02. The maximum atomic E-state index is 12.7. The third-order valence-electron chi connectivity index (χ3n) is 1.84. The van der Waals surface area contributed by atoms with Crippen LogP contribution in [0.5, 0.6) is 0 Å². The molecule has 0 N–H and O–H groups in total. The highest BCUT2D eigenvalue weighted by Gasteiger charge is 1.99. The molecule has 1 heterocycles. The largest absolute Gasteiger partial charge is 0.230 e. The second-order valence-corrected chi connectivity index (χ2v) is 3.95. The fourth-order valence-corrected chi connectivity index (χ4v) is 1.94. The first-order chi connectivity index (χ1) is 7.34. The van der Waals surface area contributed by atoms with Crippen molar-refractivity contribution in [2.24, 2.45) is 0 Å². The van der Waals surface area contributed by atoms with Crippen LogP contribution in [0.2, 0.25) is 0 Å². The summed E-state index contributed by atoms with van der Waals surface area (Å²) >= 11 is 1.50. The van der Waals surface area contributed by atoms with Crippen LogP contribution >= 0.6 is 11.8 Å². The summed E-state index contributed by atoms with van der Waals surface area (Å²) in [5.41, 5.74) is 1.20. The van der Waals surface area contributed by atoms with Gasteiger partial charge in [0, 0.05) is 11.8 Å². The van der Waals surface area contributed by atoms with Crippen LogP contribution in [0, 0.1) is 5.95 Å². The minimum atomic E-state index is -0.486. The molecule has 0 radical (unpaired) electrons. The molecule has 0 bridgehead atoms. The van der Waals surface area contributed by atoms with Crippen molar-refractivity contribution in [1.29, 1.82) is 0 Å². The van der Waals surface area contributed by atoms with Crippen molar-refractivity contribution in [1.82, 2.24) is 9.97 Å². The highest BCUT2D eigenvalue weighted by Crippen LogP contribution is 2.20. The highest BCUT2D eigenvalue weighted by atomic mass is 32.2. The Labute approximate surface area is 91.6 Å². The molecule has 0 fully saturated rings. The van der Waals surface area contributed by atoms with Crippen molar-refractivity contribution in [3.63, 3.8) is 0 Å². The normalized spacial score (nSPS) is 10.2. The van der Waals surface area contributed by atoms with Gasteiger partial charge in [-0.1, -0.05) is 30.3 Å². The van der Waals surface area contributed by atoms with Gasteiger partial charge in [0.2, 0.25) is 5.95 Å². The highest BCUT2D eigenvalue weighted by molar-refractivity contribution is 7.98. The van der Waals surface area contributed by atoms with Gasteiger partial charge in [-0.2, -0.15) is 4.39 Å². The van der Waals surface area contributed by atoms with Crippen LogP contribution in [-0.4, -0.2) is 9.97 Å². The van der Waals surface area contributed by atoms with Gasteiger partial charge < -0.3 is 0 Å². The average Bonchev–Trinajstić information content (AvgIpc) is 2.28. The van der Waals surface area contributed by atoms with Crippen LogP contribution in [0.15, 0.2) is 47.8 Å². The first kappa shape index (κ1) is 10.1. The van der Waals surface area contributed by atoms with Crippen LogP contribution in [0.3, 0.4) is 0 Å². The Kier molecular flexibility index (Phi) is 3.29. The lowest BCUT2D eigenvalue weighted by Gasteiger charge is -2.00. The van der Waals surface area contributed by atoms with E-state index in [1.54, 1.807) is 0 Å². The molecule has 2 aromatic rings. The Morgan fingerprint density at radius 2 is 1.93 bits per heavy atom. The molecular formula is C11H9FN2S. The molecule has 76 valence electrons. The minimum absolute atomic E-state index is 0.486. The topological polar surface area (TPSA) is 25.8 Å². The van der Waals surface area contributed by atoms with Crippen LogP contribution in [0.1, 0.15) is 5.56 Å². The molecule has 1 aromatic carbocycles. The number of aromatic nitrogens is 2. The van der Waals surface area contributed by atoms with Gasteiger partial charge in [0.1, 0.15) is 11.4 Å². The van der Waals surface area contributed by atoms with E-state index < -0.39 is 5.95 Å². The predicted octanol–water partition coefficient (Wildman–Crippen LogP) is 2.91. The van der Waals surface area contributed by atoms with Gasteiger partial charge >= 0.3 is 0 Å². The predicted molar refractivity (Wildman–Crippen MR) is 58.0 cm³/mol. The summed E-state index contributed by atoms with van der Waals surface area (Å²) in [4.78, 5) is 7.37. The van der Waals surface area contributed by atoms with Crippen LogP contribution in [0.25, 0.3) is 0 Å². The molecule has 1 aromatic heterocycles. The van der Waals surface area contributed by atoms with E-state index in [2.05, 4.69) is 9.97 Å². The average molecular weight is 220 g/mol. The molecule has 0 aliphatic rings. The number of nitrogens with zero attached hydrogens (tertiary/aromatic N) is 2. The molecule has 0 amide bonds. The van der Waals surface area contributed by atoms with Crippen LogP contribution < -0.4 is 0 Å². The smallest absolute Gasteiger partial charge is 0.217 e. The van der Waals surface area contributed by atoms with E-state index in [0.717, 1.165) is 5.75 Å². The number of thioether (sulfide) groups is 1. The van der Waals surface area contributed by atoms with Crippen molar-refractivity contribution in [2.75, 3.05) is 0 Å². The fraction of sp³-hybridized carbons (Fsp3) is 0.0909. The molecule has 0 saturated carbocycles. The molecule has 15 heavy (non-hydrogen) atoms. The maximum Gasteiger partial charge on any atom is 0.217 e. The number of hydrogen-bond donors (Lipinski definition) is 0. The molecule has 4 heteroatoms. The Morgan fingerprint density at radius 1 is 1.13 bits per heavy atom. The standard InChI is InChI=1S/C11H9FN2S/c12-10-6-11(14-8-13-10)15-7-9-4-2-1-3-5-9/h1-6,8H,7H2. The summed E-state index contributed by atoms with van der Waals surface area (Å²) in [6, 6.07) is 11.3. The van der Waals surface area contributed by atoms with Gasteiger partial charge in [0.15, 0.2) is 0 Å². The number of benzene rings is 1. The van der Waals surface area contributed by atoms with Crippen molar-refractivity contribution in [3.05, 3.63) is 54.2 Å². The van der Waals surface area contributed by atoms with Gasteiger partial charge in [-0.25, -0.2) is 9.97 Å². The zero-order valence-electron chi connectivity index (χ0n) is 7.93. The first-order valence-electron chi connectivity index (χ1n) is 4.49. The van der Waals surface area contributed by atoms with Crippen molar-refractivity contribution >= 4 is 11.8 Å². The van der Waals surface area contributed by atoms with E-state index in [-0.39, 0.29) is 0 Å². The quantitative estimate of drug-likeness (QED) is 0.587. The first-order valence-corrected chi connectivity index (χ1v) is 5.47. The lowest BCUT2D eigenvalue weighted by molar-refractivity contribution is 0.572. The molecule has 0 aliphatic heterocycles. The van der Waals surface area contributed by atoms with Gasteiger partial charge in [-0.3, -0.25) is 0 Å².